The number of quaternary nitrogens is 6. The van der Waals surface area contributed by atoms with Crippen LogP contribution in [-0.2, 0) is 46.8 Å². The van der Waals surface area contributed by atoms with Crippen LogP contribution in [0, 0.1) is 0 Å². The average Bonchev–Trinajstić information content (AvgIpc) is 3.92. The first-order chi connectivity index (χ1) is 30.3. The predicted molar refractivity (Wildman–Crippen MR) is 199 cm³/mol. The van der Waals surface area contributed by atoms with Gasteiger partial charge in [-0.05, 0) is 0 Å². The first kappa shape index (κ1) is 49.5. The van der Waals surface area contributed by atoms with Gasteiger partial charge in [0.2, 0.25) is 12.6 Å². The van der Waals surface area contributed by atoms with Crippen molar-refractivity contribution in [2.75, 3.05) is 32.0 Å². The van der Waals surface area contributed by atoms with Gasteiger partial charge in [-0.3, -0.25) is 9.13 Å². The molecule has 2 aromatic rings. The number of anilines is 1. The number of aliphatic hydroxyl groups excluding tert-OH is 8. The van der Waals surface area contributed by atoms with Gasteiger partial charge in [0.15, 0.2) is 36.1 Å². The molecule has 0 radical (unpaired) electrons. The number of rotatable bonds is 15. The van der Waals surface area contributed by atoms with Crippen molar-refractivity contribution in [3.05, 3.63) is 12.7 Å². The van der Waals surface area contributed by atoms with Crippen molar-refractivity contribution in [2.24, 2.45) is 0 Å². The normalized spacial score (nSPS) is 46.4. The molecule has 1 saturated carbocycles. The van der Waals surface area contributed by atoms with Crippen molar-refractivity contribution in [1.82, 2.24) is 19.5 Å². The molecule has 4 saturated heterocycles. The summed E-state index contributed by atoms with van der Waals surface area (Å²) in [6, 6.07) is -3.59. The van der Waals surface area contributed by atoms with Gasteiger partial charge in [0.05, 0.1) is 26.0 Å². The van der Waals surface area contributed by atoms with Gasteiger partial charge in [0, 0.05) is 0 Å². The molecule has 0 bridgehead atoms. The topological polar surface area (TPSA) is 520 Å². The fraction of sp³-hybridized carbons (Fsp3) is 0.848. The molecule has 5 fully saturated rings. The SMILES string of the molecule is Nc1ncnc2c1ncn2[C@@H]1O[C@H](COP(=O)([O-])O[C@H]2[C@H](O)[C@@H]([NH3+])[C@@H](O[C@H]3[C@H](O[C@@H]4O[C@H](CO)[C@@H](O[C@H]5O[C@@H](C[NH3+])[C@@H](O)[C@H](O)[C@H]5[NH3+])[C@H]4O)[C@@H](O)[C@H]([NH3+])C[C@@H]3[NH3+])O[C@@H]2C[NH3+])[C@@H](O)[C@H]1O. The molecular weight excluding hydrogens is 885 g/mol. The van der Waals surface area contributed by atoms with Gasteiger partial charge in [0.1, 0.15) is 129 Å². The Morgan fingerprint density at radius 3 is 1.98 bits per heavy atom. The highest BCUT2D eigenvalue weighted by Crippen LogP contribution is 2.44. The van der Waals surface area contributed by atoms with Gasteiger partial charge in [0.25, 0.3) is 7.82 Å². The molecule has 6 heterocycles. The number of aliphatic hydroxyl groups is 8. The van der Waals surface area contributed by atoms with Crippen molar-refractivity contribution in [3.63, 3.8) is 0 Å². The Morgan fingerprint density at radius 1 is 0.703 bits per heavy atom. The highest BCUT2D eigenvalue weighted by molar-refractivity contribution is 7.45. The zero-order valence-electron chi connectivity index (χ0n) is 34.6. The van der Waals surface area contributed by atoms with E-state index in [0.717, 1.165) is 0 Å². The molecule has 1 unspecified atom stereocenters. The summed E-state index contributed by atoms with van der Waals surface area (Å²) in [5.74, 6) is 0.0607. The Hall–Kier alpha value is -2.38. The van der Waals surface area contributed by atoms with E-state index in [-0.39, 0.29) is 36.5 Å². The van der Waals surface area contributed by atoms with Crippen LogP contribution in [0.3, 0.4) is 0 Å². The minimum Gasteiger partial charge on any atom is -0.756 e. The molecule has 64 heavy (non-hydrogen) atoms. The number of nitrogen functional groups attached to an aromatic ring is 1. The highest BCUT2D eigenvalue weighted by atomic mass is 31.2. The largest absolute Gasteiger partial charge is 0.756 e. The van der Waals surface area contributed by atoms with E-state index < -0.39 is 162 Å². The minimum atomic E-state index is -5.34. The highest BCUT2D eigenvalue weighted by Gasteiger charge is 2.57. The molecule has 5 aliphatic rings. The van der Waals surface area contributed by atoms with Crippen LogP contribution in [0.4, 0.5) is 5.82 Å². The molecule has 0 spiro atoms. The Bertz CT molecular complexity index is 1920. The molecule has 24 atom stereocenters. The van der Waals surface area contributed by atoms with E-state index in [4.69, 9.17) is 47.9 Å². The molecule has 1 aliphatic carbocycles. The molecular formula is C33H63N11O19P+5. The molecule has 31 heteroatoms. The molecule has 7 rings (SSSR count). The van der Waals surface area contributed by atoms with Crippen molar-refractivity contribution in [3.8, 4) is 0 Å². The van der Waals surface area contributed by atoms with Crippen LogP contribution in [0.2, 0.25) is 0 Å². The zero-order chi connectivity index (χ0) is 46.5. The monoisotopic (exact) mass is 948 g/mol. The van der Waals surface area contributed by atoms with Crippen LogP contribution in [0.25, 0.3) is 11.2 Å². The van der Waals surface area contributed by atoms with E-state index in [1.165, 1.54) is 17.2 Å². The summed E-state index contributed by atoms with van der Waals surface area (Å²) < 4.78 is 66.7. The third-order valence-electron chi connectivity index (χ3n) is 12.4. The van der Waals surface area contributed by atoms with Crippen LogP contribution in [0.1, 0.15) is 12.6 Å². The van der Waals surface area contributed by atoms with Crippen molar-refractivity contribution < 1.29 is 127 Å². The number of nitrogens with zero attached hydrogens (tertiary/aromatic N) is 4. The second-order valence-electron chi connectivity index (χ2n) is 16.7. The number of ether oxygens (including phenoxy) is 7. The summed E-state index contributed by atoms with van der Waals surface area (Å²) in [7, 11) is -5.34. The Kier molecular flexibility index (Phi) is 15.5. The number of hydrogen-bond donors (Lipinski definition) is 15. The van der Waals surface area contributed by atoms with Crippen molar-refractivity contribution in [2.45, 2.75) is 147 Å². The number of phosphoric acid groups is 1. The molecule has 2 aromatic heterocycles. The fourth-order valence-electron chi connectivity index (χ4n) is 8.66. The molecule has 30 nitrogen and oxygen atoms in total. The van der Waals surface area contributed by atoms with E-state index in [0.29, 0.717) is 0 Å². The number of hydrogen-bond acceptors (Lipinski definition) is 23. The van der Waals surface area contributed by atoms with E-state index in [2.05, 4.69) is 49.4 Å². The van der Waals surface area contributed by atoms with Crippen LogP contribution < -0.4 is 45.0 Å². The molecule has 28 N–H and O–H groups in total. The van der Waals surface area contributed by atoms with Gasteiger partial charge in [-0.2, -0.15) is 0 Å². The number of aromatic nitrogens is 4. The summed E-state index contributed by atoms with van der Waals surface area (Å²) in [6.45, 7) is -1.57. The van der Waals surface area contributed by atoms with Gasteiger partial charge < -0.3 is 128 Å². The first-order valence-electron chi connectivity index (χ1n) is 20.7. The summed E-state index contributed by atoms with van der Waals surface area (Å²) >= 11 is 0. The first-order valence-corrected chi connectivity index (χ1v) is 22.2. The second kappa shape index (κ2) is 20.1. The van der Waals surface area contributed by atoms with E-state index in [1.807, 2.05) is 0 Å². The second-order valence-corrected chi connectivity index (χ2v) is 18.0. The predicted octanol–water partition coefficient (Wildman–Crippen LogP) is -14.6. The fourth-order valence-corrected chi connectivity index (χ4v) is 9.61. The van der Waals surface area contributed by atoms with Crippen LogP contribution in [0.15, 0.2) is 12.7 Å². The molecule has 0 aromatic carbocycles. The lowest BCUT2D eigenvalue weighted by atomic mass is 9.84. The minimum absolute atomic E-state index is 0.0607. The third kappa shape index (κ3) is 9.66. The maximum atomic E-state index is 13.2. The summed E-state index contributed by atoms with van der Waals surface area (Å²) in [5, 5.41) is 86.8. The molecule has 0 amide bonds. The maximum Gasteiger partial charge on any atom is 0.268 e. The summed E-state index contributed by atoms with van der Waals surface area (Å²) in [5.41, 5.74) is 29.7. The lowest BCUT2D eigenvalue weighted by Crippen LogP contribution is -2.84. The Labute approximate surface area is 362 Å². The van der Waals surface area contributed by atoms with Gasteiger partial charge in [-0.15, -0.1) is 0 Å². The maximum absolute atomic E-state index is 13.2. The molecule has 4 aliphatic heterocycles. The third-order valence-corrected chi connectivity index (χ3v) is 13.4. The lowest BCUT2D eigenvalue weighted by molar-refractivity contribution is -0.536. The quantitative estimate of drug-likeness (QED) is 0.0737. The summed E-state index contributed by atoms with van der Waals surface area (Å²) in [6.07, 6.45) is -23.5. The van der Waals surface area contributed by atoms with Crippen LogP contribution in [-0.4, -0.2) is 221 Å². The zero-order valence-corrected chi connectivity index (χ0v) is 35.5. The number of phosphoric ester groups is 1. The summed E-state index contributed by atoms with van der Waals surface area (Å²) in [4.78, 5) is 25.3. The number of imidazole rings is 1. The van der Waals surface area contributed by atoms with Crippen molar-refractivity contribution in [1.29, 1.82) is 0 Å². The number of nitrogens with two attached hydrogens (primary N) is 1. The molecule has 364 valence electrons. The average molecular weight is 949 g/mol. The van der Waals surface area contributed by atoms with Gasteiger partial charge >= 0.3 is 0 Å². The lowest BCUT2D eigenvalue weighted by Gasteiger charge is -2.45. The van der Waals surface area contributed by atoms with Crippen molar-refractivity contribution >= 4 is 24.8 Å². The van der Waals surface area contributed by atoms with E-state index in [9.17, 15) is 50.3 Å². The van der Waals surface area contributed by atoms with Gasteiger partial charge in [-0.25, -0.2) is 15.0 Å². The van der Waals surface area contributed by atoms with E-state index in [1.54, 1.807) is 0 Å². The standard InChI is InChI=1S/C33H58N11O19P/c34-2-10-18(47)20(49)14(38)31(57-10)61-25-12(4-45)59-33(23(25)52)62-27-17(46)8(36)1-9(37)24(27)60-32-15(39)21(50)26(11(3-35)58-32)63-64(53,54)55-5-13-19(48)22(51)30(56-13)44-7-43-16-28(40)41-6-42-29(16)44/h6-15,17-27,30-33,45-52H,1-5,34-39H2,(H,53,54)(H2,40,41,42)/p+5/t8-,9+,10+,11-,12-,13-,14-,15-,17+,18-,19-,20-,21-,22-,23-,24-,25-,26-,27-,30-,31-,32-,33+/m1/s1. The smallest absolute Gasteiger partial charge is 0.268 e. The van der Waals surface area contributed by atoms with E-state index >= 15 is 0 Å². The number of fused-ring (bicyclic) bond motifs is 1. The Balaban J connectivity index is 0.986. The van der Waals surface area contributed by atoms with Crippen LogP contribution >= 0.6 is 7.82 Å². The van der Waals surface area contributed by atoms with Gasteiger partial charge in [-0.1, -0.05) is 0 Å². The van der Waals surface area contributed by atoms with Crippen LogP contribution in [0.5, 0.6) is 0 Å². The Morgan fingerprint density at radius 2 is 1.31 bits per heavy atom.